The first-order chi connectivity index (χ1) is 15.3. The van der Waals surface area contributed by atoms with E-state index >= 15 is 0 Å². The van der Waals surface area contributed by atoms with Gasteiger partial charge in [-0.2, -0.15) is 0 Å². The topological polar surface area (TPSA) is 115 Å². The molecule has 0 saturated heterocycles. The Morgan fingerprint density at radius 1 is 1.19 bits per heavy atom. The summed E-state index contributed by atoms with van der Waals surface area (Å²) in [5, 5.41) is 12.7. The van der Waals surface area contributed by atoms with E-state index in [0.29, 0.717) is 16.6 Å². The third-order valence-electron chi connectivity index (χ3n) is 5.31. The predicted molar refractivity (Wildman–Crippen MR) is 125 cm³/mol. The van der Waals surface area contributed by atoms with Gasteiger partial charge in [0.15, 0.2) is 0 Å². The van der Waals surface area contributed by atoms with Crippen molar-refractivity contribution in [1.29, 1.82) is 0 Å². The molecule has 1 aromatic carbocycles. The molecule has 174 valence electrons. The van der Waals surface area contributed by atoms with Crippen LogP contribution < -0.4 is 21.3 Å². The normalized spacial score (nSPS) is 17.9. The molecule has 2 aliphatic rings. The van der Waals surface area contributed by atoms with E-state index in [-0.39, 0.29) is 42.6 Å². The average Bonchev–Trinajstić information content (AvgIpc) is 3.60. The van der Waals surface area contributed by atoms with Crippen molar-refractivity contribution >= 4 is 52.6 Å². The van der Waals surface area contributed by atoms with Crippen molar-refractivity contribution in [3.63, 3.8) is 0 Å². The van der Waals surface area contributed by atoms with Gasteiger partial charge in [-0.15, -0.1) is 0 Å². The molecule has 3 amide bonds. The van der Waals surface area contributed by atoms with Gasteiger partial charge >= 0.3 is 0 Å². The molecule has 0 spiro atoms. The first-order valence-electron chi connectivity index (χ1n) is 10.7. The summed E-state index contributed by atoms with van der Waals surface area (Å²) in [6, 6.07) is 4.71. The molecule has 0 radical (unpaired) electrons. The van der Waals surface area contributed by atoms with Crippen molar-refractivity contribution in [1.82, 2.24) is 20.9 Å². The molecule has 1 aliphatic carbocycles. The minimum atomic E-state index is -0.681. The van der Waals surface area contributed by atoms with E-state index in [4.69, 9.17) is 23.2 Å². The molecular weight excluding hydrogens is 455 g/mol. The van der Waals surface area contributed by atoms with E-state index in [1.54, 1.807) is 19.2 Å². The van der Waals surface area contributed by atoms with E-state index < -0.39 is 6.04 Å². The number of amides is 3. The van der Waals surface area contributed by atoms with Crippen molar-refractivity contribution in [3.8, 4) is 0 Å². The van der Waals surface area contributed by atoms with E-state index in [1.807, 2.05) is 6.07 Å². The molecular formula is C21H28Cl2N6O3. The molecule has 0 bridgehead atoms. The number of rotatable bonds is 10. The maximum atomic E-state index is 12.4. The third kappa shape index (κ3) is 7.08. The zero-order valence-corrected chi connectivity index (χ0v) is 19.4. The smallest absolute Gasteiger partial charge is 0.251 e. The Labute approximate surface area is 197 Å². The monoisotopic (exact) mass is 482 g/mol. The Bertz CT molecular complexity index is 890. The summed E-state index contributed by atoms with van der Waals surface area (Å²) in [4.78, 5) is 42.2. The van der Waals surface area contributed by atoms with E-state index in [1.165, 1.54) is 4.90 Å². The predicted octanol–water partition coefficient (Wildman–Crippen LogP) is 1.61. The van der Waals surface area contributed by atoms with Crippen LogP contribution in [0.2, 0.25) is 10.0 Å². The highest BCUT2D eigenvalue weighted by molar-refractivity contribution is 6.42. The molecule has 3 rings (SSSR count). The third-order valence-corrected chi connectivity index (χ3v) is 6.05. The lowest BCUT2D eigenvalue weighted by Gasteiger charge is -2.29. The SMILES string of the molecule is CN(C(=O)CCNCCCNc1ccc(Cl)c(Cl)c1)C1CN=C(NC(=O)C2CC2)NC1=O. The summed E-state index contributed by atoms with van der Waals surface area (Å²) < 4.78 is 0. The zero-order chi connectivity index (χ0) is 23.1. The number of hydrogen-bond donors (Lipinski definition) is 4. The number of likely N-dealkylation sites (N-methyl/N-ethyl adjacent to an activating group) is 1. The average molecular weight is 483 g/mol. The molecule has 1 fully saturated rings. The number of halogens is 2. The highest BCUT2D eigenvalue weighted by atomic mass is 35.5. The summed E-state index contributed by atoms with van der Waals surface area (Å²) >= 11 is 11.9. The van der Waals surface area contributed by atoms with Gasteiger partial charge in [0.25, 0.3) is 5.91 Å². The van der Waals surface area contributed by atoms with Crippen molar-refractivity contribution < 1.29 is 14.4 Å². The molecule has 1 unspecified atom stereocenters. The number of nitrogens with one attached hydrogen (secondary N) is 4. The second kappa shape index (κ2) is 11.5. The summed E-state index contributed by atoms with van der Waals surface area (Å²) in [5.74, 6) is -0.420. The van der Waals surface area contributed by atoms with Gasteiger partial charge in [0, 0.05) is 38.2 Å². The van der Waals surface area contributed by atoms with Gasteiger partial charge in [-0.3, -0.25) is 25.0 Å². The lowest BCUT2D eigenvalue weighted by molar-refractivity contribution is -0.138. The van der Waals surface area contributed by atoms with E-state index in [9.17, 15) is 14.4 Å². The van der Waals surface area contributed by atoms with Crippen molar-refractivity contribution in [3.05, 3.63) is 28.2 Å². The Hall–Kier alpha value is -2.36. The van der Waals surface area contributed by atoms with Gasteiger partial charge in [0.05, 0.1) is 16.6 Å². The van der Waals surface area contributed by atoms with Crippen LogP contribution in [-0.2, 0) is 14.4 Å². The number of aliphatic imine (C=N–C) groups is 1. The Morgan fingerprint density at radius 2 is 1.97 bits per heavy atom. The lowest BCUT2D eigenvalue weighted by atomic mass is 10.2. The first kappa shape index (κ1) is 24.3. The van der Waals surface area contributed by atoms with Crippen LogP contribution >= 0.6 is 23.2 Å². The number of hydrogen-bond acceptors (Lipinski definition) is 6. The van der Waals surface area contributed by atoms with E-state index in [2.05, 4.69) is 26.3 Å². The Kier molecular flexibility index (Phi) is 8.72. The second-order valence-corrected chi connectivity index (χ2v) is 8.69. The zero-order valence-electron chi connectivity index (χ0n) is 17.9. The molecule has 32 heavy (non-hydrogen) atoms. The largest absolute Gasteiger partial charge is 0.385 e. The van der Waals surface area contributed by atoms with Crippen LogP contribution in [-0.4, -0.2) is 67.8 Å². The van der Waals surface area contributed by atoms with Crippen LogP contribution in [0.4, 0.5) is 5.69 Å². The molecule has 11 heteroatoms. The van der Waals surface area contributed by atoms with Crippen LogP contribution in [0.15, 0.2) is 23.2 Å². The molecule has 1 saturated carbocycles. The van der Waals surface area contributed by atoms with Gasteiger partial charge in [-0.05, 0) is 44.0 Å². The number of carbonyl (C=O) groups excluding carboxylic acids is 3. The highest BCUT2D eigenvalue weighted by Gasteiger charge is 2.34. The number of anilines is 1. The van der Waals surface area contributed by atoms with Crippen molar-refractivity contribution in [2.45, 2.75) is 31.7 Å². The summed E-state index contributed by atoms with van der Waals surface area (Å²) in [6.07, 6.45) is 2.87. The Balaban J connectivity index is 1.29. The Morgan fingerprint density at radius 3 is 2.66 bits per heavy atom. The van der Waals surface area contributed by atoms with Crippen LogP contribution in [0.5, 0.6) is 0 Å². The standard InChI is InChI=1S/C21H28Cl2N6O3/c1-29(17-12-26-21(28-20(17)32)27-19(31)13-3-4-13)18(30)7-10-24-8-2-9-25-14-5-6-15(22)16(23)11-14/h5-6,11,13,17,24-25H,2-4,7-10,12H2,1H3,(H2,26,27,28,31,32). The lowest BCUT2D eigenvalue weighted by Crippen LogP contribution is -2.57. The van der Waals surface area contributed by atoms with Crippen molar-refractivity contribution in [2.75, 3.05) is 38.5 Å². The molecule has 4 N–H and O–H groups in total. The van der Waals surface area contributed by atoms with Gasteiger partial charge in [-0.1, -0.05) is 23.2 Å². The van der Waals surface area contributed by atoms with Crippen LogP contribution in [0, 0.1) is 5.92 Å². The maximum absolute atomic E-state index is 12.4. The molecule has 0 aromatic heterocycles. The van der Waals surface area contributed by atoms with E-state index in [0.717, 1.165) is 38.0 Å². The van der Waals surface area contributed by atoms with Crippen molar-refractivity contribution in [2.24, 2.45) is 10.9 Å². The van der Waals surface area contributed by atoms with Gasteiger partial charge in [0.2, 0.25) is 17.8 Å². The molecule has 1 atom stereocenters. The summed E-state index contributed by atoms with van der Waals surface area (Å²) in [5.41, 5.74) is 0.903. The molecule has 9 nitrogen and oxygen atoms in total. The number of nitrogens with zero attached hydrogens (tertiary/aromatic N) is 2. The van der Waals surface area contributed by atoms with Crippen LogP contribution in [0.1, 0.15) is 25.7 Å². The second-order valence-electron chi connectivity index (χ2n) is 7.87. The minimum absolute atomic E-state index is 0.0239. The van der Waals surface area contributed by atoms with Gasteiger partial charge in [0.1, 0.15) is 6.04 Å². The summed E-state index contributed by atoms with van der Waals surface area (Å²) in [6.45, 7) is 2.13. The summed E-state index contributed by atoms with van der Waals surface area (Å²) in [7, 11) is 1.59. The van der Waals surface area contributed by atoms with Crippen LogP contribution in [0.3, 0.4) is 0 Å². The number of guanidine groups is 1. The number of benzene rings is 1. The quantitative estimate of drug-likeness (QED) is 0.378. The first-order valence-corrected chi connectivity index (χ1v) is 11.4. The fourth-order valence-corrected chi connectivity index (χ4v) is 3.45. The van der Waals surface area contributed by atoms with Crippen LogP contribution in [0.25, 0.3) is 0 Å². The molecule has 1 aromatic rings. The highest BCUT2D eigenvalue weighted by Crippen LogP contribution is 2.28. The fraction of sp³-hybridized carbons (Fsp3) is 0.524. The van der Waals surface area contributed by atoms with Gasteiger partial charge < -0.3 is 15.5 Å². The maximum Gasteiger partial charge on any atom is 0.251 e. The molecule has 1 heterocycles. The molecule has 1 aliphatic heterocycles. The van der Waals surface area contributed by atoms with Gasteiger partial charge in [-0.25, -0.2) is 4.99 Å². The fourth-order valence-electron chi connectivity index (χ4n) is 3.16. The number of carbonyl (C=O) groups is 3. The minimum Gasteiger partial charge on any atom is -0.385 e.